The normalized spacial score (nSPS) is 30.8. The Kier molecular flexibility index (Phi) is 2.52. The van der Waals surface area contributed by atoms with Crippen LogP contribution in [0.15, 0.2) is 18.2 Å². The molecule has 0 spiro atoms. The molecule has 1 aliphatic rings. The molecular weight excluding hydrogens is 191 g/mol. The Morgan fingerprint density at radius 1 is 1.53 bits per heavy atom. The lowest BCUT2D eigenvalue weighted by Crippen LogP contribution is -2.43. The second kappa shape index (κ2) is 3.58. The van der Waals surface area contributed by atoms with Crippen LogP contribution in [0.4, 0.5) is 4.39 Å². The first-order valence-corrected chi connectivity index (χ1v) is 5.26. The first-order chi connectivity index (χ1) is 7.00. The van der Waals surface area contributed by atoms with Crippen LogP contribution < -0.4 is 11.1 Å². The predicted molar refractivity (Wildman–Crippen MR) is 59.3 cm³/mol. The second-order valence-electron chi connectivity index (χ2n) is 4.71. The molecule has 3 heteroatoms. The SMILES string of the molecule is Cc1ccc(F)c(C2CNCC2(C)N)c1. The minimum atomic E-state index is -0.353. The fourth-order valence-electron chi connectivity index (χ4n) is 2.24. The van der Waals surface area contributed by atoms with Crippen LogP contribution >= 0.6 is 0 Å². The number of hydrogen-bond donors (Lipinski definition) is 2. The van der Waals surface area contributed by atoms with E-state index in [0.29, 0.717) is 0 Å². The molecule has 1 aromatic carbocycles. The summed E-state index contributed by atoms with van der Waals surface area (Å²) in [5.41, 5.74) is 7.61. The molecule has 0 amide bonds. The van der Waals surface area contributed by atoms with Crippen molar-refractivity contribution in [2.75, 3.05) is 13.1 Å². The van der Waals surface area contributed by atoms with Gasteiger partial charge in [-0.1, -0.05) is 17.7 Å². The molecule has 82 valence electrons. The standard InChI is InChI=1S/C12H17FN2/c1-8-3-4-11(13)9(5-8)10-6-15-7-12(10,2)14/h3-5,10,15H,6-7,14H2,1-2H3. The first kappa shape index (κ1) is 10.6. The number of nitrogens with two attached hydrogens (primary N) is 1. The molecular formula is C12H17FN2. The van der Waals surface area contributed by atoms with Crippen LogP contribution in [0.3, 0.4) is 0 Å². The highest BCUT2D eigenvalue weighted by atomic mass is 19.1. The summed E-state index contributed by atoms with van der Waals surface area (Å²) in [6.45, 7) is 5.44. The number of rotatable bonds is 1. The molecule has 1 heterocycles. The third-order valence-corrected chi connectivity index (χ3v) is 3.18. The number of aryl methyl sites for hydroxylation is 1. The molecule has 3 N–H and O–H groups in total. The van der Waals surface area contributed by atoms with Gasteiger partial charge in [-0.05, 0) is 25.5 Å². The molecule has 0 bridgehead atoms. The van der Waals surface area contributed by atoms with Crippen molar-refractivity contribution >= 4 is 0 Å². The fourth-order valence-corrected chi connectivity index (χ4v) is 2.24. The van der Waals surface area contributed by atoms with Gasteiger partial charge < -0.3 is 11.1 Å². The van der Waals surface area contributed by atoms with Crippen LogP contribution in [0.25, 0.3) is 0 Å². The topological polar surface area (TPSA) is 38.0 Å². The van der Waals surface area contributed by atoms with Gasteiger partial charge in [0.2, 0.25) is 0 Å². The average Bonchev–Trinajstić information content (AvgIpc) is 2.50. The Morgan fingerprint density at radius 2 is 2.27 bits per heavy atom. The lowest BCUT2D eigenvalue weighted by Gasteiger charge is -2.26. The molecule has 15 heavy (non-hydrogen) atoms. The van der Waals surface area contributed by atoms with E-state index in [1.54, 1.807) is 6.07 Å². The zero-order valence-electron chi connectivity index (χ0n) is 9.18. The highest BCUT2D eigenvalue weighted by molar-refractivity contribution is 5.31. The maximum Gasteiger partial charge on any atom is 0.126 e. The maximum absolute atomic E-state index is 13.7. The first-order valence-electron chi connectivity index (χ1n) is 5.26. The summed E-state index contributed by atoms with van der Waals surface area (Å²) >= 11 is 0. The summed E-state index contributed by atoms with van der Waals surface area (Å²) in [6.07, 6.45) is 0. The molecule has 0 radical (unpaired) electrons. The van der Waals surface area contributed by atoms with E-state index in [2.05, 4.69) is 5.32 Å². The van der Waals surface area contributed by atoms with Crippen molar-refractivity contribution < 1.29 is 4.39 Å². The molecule has 1 saturated heterocycles. The Balaban J connectivity index is 2.40. The smallest absolute Gasteiger partial charge is 0.126 e. The van der Waals surface area contributed by atoms with E-state index >= 15 is 0 Å². The van der Waals surface area contributed by atoms with Crippen LogP contribution in [-0.2, 0) is 0 Å². The lowest BCUT2D eigenvalue weighted by atomic mass is 9.83. The zero-order valence-corrected chi connectivity index (χ0v) is 9.18. The van der Waals surface area contributed by atoms with Crippen LogP contribution in [0, 0.1) is 12.7 Å². The average molecular weight is 208 g/mol. The van der Waals surface area contributed by atoms with Crippen molar-refractivity contribution in [1.82, 2.24) is 5.32 Å². The second-order valence-corrected chi connectivity index (χ2v) is 4.71. The minimum absolute atomic E-state index is 0.0670. The van der Waals surface area contributed by atoms with Crippen LogP contribution in [0.5, 0.6) is 0 Å². The molecule has 1 fully saturated rings. The summed E-state index contributed by atoms with van der Waals surface area (Å²) in [5.74, 6) is -0.0802. The number of nitrogens with one attached hydrogen (secondary N) is 1. The van der Waals surface area contributed by atoms with Gasteiger partial charge in [-0.25, -0.2) is 4.39 Å². The van der Waals surface area contributed by atoms with E-state index in [1.807, 2.05) is 19.9 Å². The van der Waals surface area contributed by atoms with Gasteiger partial charge in [0.1, 0.15) is 5.82 Å². The Hall–Kier alpha value is -0.930. The highest BCUT2D eigenvalue weighted by Crippen LogP contribution is 2.31. The largest absolute Gasteiger partial charge is 0.324 e. The van der Waals surface area contributed by atoms with Gasteiger partial charge in [0, 0.05) is 24.5 Å². The van der Waals surface area contributed by atoms with E-state index in [9.17, 15) is 4.39 Å². The quantitative estimate of drug-likeness (QED) is 0.734. The van der Waals surface area contributed by atoms with E-state index in [4.69, 9.17) is 5.73 Å². The van der Waals surface area contributed by atoms with Crippen LogP contribution in [0.2, 0.25) is 0 Å². The van der Waals surface area contributed by atoms with E-state index < -0.39 is 0 Å². The van der Waals surface area contributed by atoms with Crippen molar-refractivity contribution in [3.8, 4) is 0 Å². The molecule has 1 aromatic rings. The molecule has 2 atom stereocenters. The van der Waals surface area contributed by atoms with Gasteiger partial charge in [-0.2, -0.15) is 0 Å². The van der Waals surface area contributed by atoms with Gasteiger partial charge in [0.15, 0.2) is 0 Å². The Labute approximate surface area is 89.7 Å². The van der Waals surface area contributed by atoms with Crippen molar-refractivity contribution in [1.29, 1.82) is 0 Å². The van der Waals surface area contributed by atoms with Gasteiger partial charge in [-0.15, -0.1) is 0 Å². The maximum atomic E-state index is 13.7. The molecule has 1 aliphatic heterocycles. The van der Waals surface area contributed by atoms with Gasteiger partial charge in [0.05, 0.1) is 0 Å². The van der Waals surface area contributed by atoms with E-state index in [1.165, 1.54) is 6.07 Å². The third kappa shape index (κ3) is 1.90. The fraction of sp³-hybridized carbons (Fsp3) is 0.500. The van der Waals surface area contributed by atoms with Crippen LogP contribution in [-0.4, -0.2) is 18.6 Å². The molecule has 2 unspecified atom stereocenters. The highest BCUT2D eigenvalue weighted by Gasteiger charge is 2.37. The van der Waals surface area contributed by atoms with Crippen molar-refractivity contribution in [2.24, 2.45) is 5.73 Å². The monoisotopic (exact) mass is 208 g/mol. The molecule has 2 rings (SSSR count). The van der Waals surface area contributed by atoms with Gasteiger partial charge in [0.25, 0.3) is 0 Å². The van der Waals surface area contributed by atoms with Crippen molar-refractivity contribution in [3.63, 3.8) is 0 Å². The van der Waals surface area contributed by atoms with Crippen molar-refractivity contribution in [3.05, 3.63) is 35.1 Å². The predicted octanol–water partition coefficient (Wildman–Crippen LogP) is 1.54. The zero-order chi connectivity index (χ0) is 11.1. The van der Waals surface area contributed by atoms with Crippen molar-refractivity contribution in [2.45, 2.75) is 25.3 Å². The summed E-state index contributed by atoms with van der Waals surface area (Å²) in [5, 5.41) is 3.22. The number of benzene rings is 1. The Bertz CT molecular complexity index is 374. The van der Waals surface area contributed by atoms with E-state index in [-0.39, 0.29) is 17.3 Å². The summed E-state index contributed by atoms with van der Waals surface area (Å²) < 4.78 is 13.7. The van der Waals surface area contributed by atoms with Gasteiger partial charge >= 0.3 is 0 Å². The lowest BCUT2D eigenvalue weighted by molar-refractivity contribution is 0.447. The molecule has 2 nitrogen and oxygen atoms in total. The van der Waals surface area contributed by atoms with Crippen LogP contribution in [0.1, 0.15) is 24.0 Å². The van der Waals surface area contributed by atoms with Gasteiger partial charge in [-0.3, -0.25) is 0 Å². The summed E-state index contributed by atoms with van der Waals surface area (Å²) in [7, 11) is 0. The molecule has 0 saturated carbocycles. The molecule has 0 aromatic heterocycles. The third-order valence-electron chi connectivity index (χ3n) is 3.18. The Morgan fingerprint density at radius 3 is 2.87 bits per heavy atom. The summed E-state index contributed by atoms with van der Waals surface area (Å²) in [6, 6.07) is 5.21. The minimum Gasteiger partial charge on any atom is -0.324 e. The number of halogens is 1. The summed E-state index contributed by atoms with van der Waals surface area (Å²) in [4.78, 5) is 0. The van der Waals surface area contributed by atoms with E-state index in [0.717, 1.165) is 24.2 Å². The molecule has 0 aliphatic carbocycles. The number of hydrogen-bond acceptors (Lipinski definition) is 2.